The van der Waals surface area contributed by atoms with Crippen molar-refractivity contribution in [2.45, 2.75) is 38.0 Å². The lowest BCUT2D eigenvalue weighted by molar-refractivity contribution is -0.225. The molecule has 39 heavy (non-hydrogen) atoms. The predicted molar refractivity (Wildman–Crippen MR) is 145 cm³/mol. The minimum atomic E-state index is -1.54. The quantitative estimate of drug-likeness (QED) is 0.384. The molecule has 0 aliphatic carbocycles. The highest BCUT2D eigenvalue weighted by atomic mass is 35.5. The third-order valence-corrected chi connectivity index (χ3v) is 7.12. The largest absolute Gasteiger partial charge is 0.416 e. The van der Waals surface area contributed by atoms with Gasteiger partial charge >= 0.3 is 11.9 Å². The molecule has 0 bridgehead atoms. The van der Waals surface area contributed by atoms with Crippen molar-refractivity contribution in [1.29, 1.82) is 0 Å². The van der Waals surface area contributed by atoms with Crippen LogP contribution in [-0.2, 0) is 44.2 Å². The number of benzene rings is 2. The molecule has 10 heteroatoms. The van der Waals surface area contributed by atoms with E-state index in [0.717, 1.165) is 23.1 Å². The number of aromatic nitrogens is 1. The number of ether oxygens (including phenoxy) is 2. The maximum Gasteiger partial charge on any atom is 0.309 e. The summed E-state index contributed by atoms with van der Waals surface area (Å²) in [5, 5.41) is 10.1. The average Bonchev–Trinajstić information content (AvgIpc) is 3.20. The Bertz CT molecular complexity index is 1350. The van der Waals surface area contributed by atoms with Crippen LogP contribution in [0.25, 0.3) is 0 Å². The molecule has 9 nitrogen and oxygen atoms in total. The monoisotopic (exact) mass is 548 g/mol. The van der Waals surface area contributed by atoms with Gasteiger partial charge in [0.2, 0.25) is 0 Å². The van der Waals surface area contributed by atoms with Crippen molar-refractivity contribution in [2.24, 2.45) is 0 Å². The fraction of sp³-hybridized carbons (Fsp3) is 0.310. The highest BCUT2D eigenvalue weighted by Crippen LogP contribution is 2.40. The van der Waals surface area contributed by atoms with E-state index in [1.165, 1.54) is 0 Å². The molecule has 5 rings (SSSR count). The lowest BCUT2D eigenvalue weighted by Crippen LogP contribution is -2.43. The Balaban J connectivity index is 1.28. The van der Waals surface area contributed by atoms with Crippen molar-refractivity contribution in [3.8, 4) is 0 Å². The Hall–Kier alpha value is -3.95. The van der Waals surface area contributed by atoms with Crippen LogP contribution in [0.5, 0.6) is 0 Å². The smallest absolute Gasteiger partial charge is 0.309 e. The van der Waals surface area contributed by atoms with E-state index in [9.17, 15) is 14.4 Å². The van der Waals surface area contributed by atoms with Crippen molar-refractivity contribution in [2.75, 3.05) is 25.0 Å². The lowest BCUT2D eigenvalue weighted by atomic mass is 9.96. The highest BCUT2D eigenvalue weighted by molar-refractivity contribution is 6.33. The summed E-state index contributed by atoms with van der Waals surface area (Å²) in [7, 11) is 0. The van der Waals surface area contributed by atoms with E-state index in [1.54, 1.807) is 36.7 Å². The molecule has 3 heterocycles. The number of amides is 1. The van der Waals surface area contributed by atoms with Crippen LogP contribution in [0.1, 0.15) is 45.5 Å². The van der Waals surface area contributed by atoms with Crippen LogP contribution in [0.4, 0.5) is 5.69 Å². The molecule has 1 aromatic heterocycles. The zero-order chi connectivity index (χ0) is 27.2. The number of nitrogens with one attached hydrogen (secondary N) is 3. The van der Waals surface area contributed by atoms with E-state index in [2.05, 4.69) is 20.9 Å². The van der Waals surface area contributed by atoms with Gasteiger partial charge in [-0.1, -0.05) is 23.7 Å². The van der Waals surface area contributed by atoms with Crippen molar-refractivity contribution in [1.82, 2.24) is 15.6 Å². The molecule has 1 amide bonds. The summed E-state index contributed by atoms with van der Waals surface area (Å²) in [5.74, 6) is -2.64. The van der Waals surface area contributed by atoms with Gasteiger partial charge in [0.05, 0.1) is 30.1 Å². The van der Waals surface area contributed by atoms with E-state index in [4.69, 9.17) is 21.1 Å². The van der Waals surface area contributed by atoms with Gasteiger partial charge in [0.15, 0.2) is 0 Å². The molecule has 2 aliphatic rings. The molecule has 0 saturated carbocycles. The molecule has 2 aliphatic heterocycles. The van der Waals surface area contributed by atoms with E-state index < -0.39 is 17.7 Å². The zero-order valence-corrected chi connectivity index (χ0v) is 22.1. The second kappa shape index (κ2) is 11.8. The van der Waals surface area contributed by atoms with Crippen molar-refractivity contribution < 1.29 is 23.9 Å². The highest BCUT2D eigenvalue weighted by Gasteiger charge is 2.46. The second-order valence-corrected chi connectivity index (χ2v) is 9.90. The van der Waals surface area contributed by atoms with E-state index in [-0.39, 0.29) is 25.3 Å². The van der Waals surface area contributed by atoms with E-state index in [0.29, 0.717) is 47.9 Å². The topological polar surface area (TPSA) is 119 Å². The number of fused-ring (bicyclic) bond motifs is 2. The number of pyridine rings is 1. The molecular weight excluding hydrogens is 520 g/mol. The minimum Gasteiger partial charge on any atom is -0.416 e. The summed E-state index contributed by atoms with van der Waals surface area (Å²) < 4.78 is 11.4. The van der Waals surface area contributed by atoms with Gasteiger partial charge in [0.25, 0.3) is 11.7 Å². The molecular formula is C29H29ClN4O5. The van der Waals surface area contributed by atoms with Crippen LogP contribution >= 0.6 is 11.6 Å². The standard InChI is InChI=1S/C29H29ClN4O5/c30-24-6-5-23-22(12-15-32-18-29(23)38-25(35)7-8-26(36)39-29)27(24)34-17-20-1-3-21(4-2-20)28(37)33-16-11-19-9-13-31-14-10-19/h1-6,9-10,13-14,32,34H,7-8,11-12,15-18H2,(H,33,37). The van der Waals surface area contributed by atoms with Gasteiger partial charge in [-0.2, -0.15) is 0 Å². The summed E-state index contributed by atoms with van der Waals surface area (Å²) in [6.45, 7) is 1.72. The van der Waals surface area contributed by atoms with Gasteiger partial charge in [-0.3, -0.25) is 19.4 Å². The van der Waals surface area contributed by atoms with Gasteiger partial charge in [0.1, 0.15) is 0 Å². The number of hydrogen-bond acceptors (Lipinski definition) is 8. The Morgan fingerprint density at radius 2 is 1.67 bits per heavy atom. The first kappa shape index (κ1) is 26.6. The lowest BCUT2D eigenvalue weighted by Gasteiger charge is -2.32. The van der Waals surface area contributed by atoms with Crippen LogP contribution in [0.2, 0.25) is 5.02 Å². The number of esters is 2. The first-order valence-corrected chi connectivity index (χ1v) is 13.3. The molecule has 1 saturated heterocycles. The second-order valence-electron chi connectivity index (χ2n) is 9.49. The van der Waals surface area contributed by atoms with Gasteiger partial charge in [-0.15, -0.1) is 0 Å². The maximum atomic E-state index is 12.5. The fourth-order valence-corrected chi connectivity index (χ4v) is 5.05. The summed E-state index contributed by atoms with van der Waals surface area (Å²) in [6.07, 6.45) is 4.75. The number of anilines is 1. The Kier molecular flexibility index (Phi) is 8.09. The van der Waals surface area contributed by atoms with Gasteiger partial charge < -0.3 is 25.4 Å². The summed E-state index contributed by atoms with van der Waals surface area (Å²) in [4.78, 5) is 41.2. The molecule has 2 aromatic carbocycles. The molecule has 1 fully saturated rings. The SMILES string of the molecule is O=C1CCC(=O)OC2(CNCCc3c2ccc(Cl)c3NCc2ccc(C(=O)NCCc3ccncc3)cc2)O1. The maximum absolute atomic E-state index is 12.5. The average molecular weight is 549 g/mol. The summed E-state index contributed by atoms with van der Waals surface area (Å²) in [5.41, 5.74) is 4.74. The Morgan fingerprint density at radius 1 is 0.949 bits per heavy atom. The molecule has 1 spiro atoms. The summed E-state index contributed by atoms with van der Waals surface area (Å²) >= 11 is 6.60. The zero-order valence-electron chi connectivity index (χ0n) is 21.3. The first-order chi connectivity index (χ1) is 18.9. The van der Waals surface area contributed by atoms with Crippen LogP contribution in [0, 0.1) is 0 Å². The number of carbonyl (C=O) groups is 3. The predicted octanol–water partition coefficient (Wildman–Crippen LogP) is 3.50. The molecule has 3 aromatic rings. The third-order valence-electron chi connectivity index (χ3n) is 6.81. The van der Waals surface area contributed by atoms with Gasteiger partial charge in [0, 0.05) is 36.6 Å². The van der Waals surface area contributed by atoms with Gasteiger partial charge in [-0.05, 0) is 72.5 Å². The van der Waals surface area contributed by atoms with Gasteiger partial charge in [-0.25, -0.2) is 0 Å². The van der Waals surface area contributed by atoms with Crippen molar-refractivity contribution in [3.05, 3.63) is 93.8 Å². The molecule has 3 N–H and O–H groups in total. The fourth-order valence-electron chi connectivity index (χ4n) is 4.80. The van der Waals surface area contributed by atoms with Crippen LogP contribution < -0.4 is 16.0 Å². The molecule has 0 unspecified atom stereocenters. The molecule has 0 radical (unpaired) electrons. The number of rotatable bonds is 7. The Morgan fingerprint density at radius 3 is 2.38 bits per heavy atom. The third kappa shape index (κ3) is 6.21. The van der Waals surface area contributed by atoms with Crippen LogP contribution in [-0.4, -0.2) is 42.5 Å². The number of nitrogens with zero attached hydrogens (tertiary/aromatic N) is 1. The molecule has 0 atom stereocenters. The van der Waals surface area contributed by atoms with Crippen LogP contribution in [0.15, 0.2) is 60.9 Å². The summed E-state index contributed by atoms with van der Waals surface area (Å²) in [6, 6.07) is 14.7. The molecule has 202 valence electrons. The van der Waals surface area contributed by atoms with Crippen molar-refractivity contribution in [3.63, 3.8) is 0 Å². The Labute approximate surface area is 231 Å². The van der Waals surface area contributed by atoms with Crippen molar-refractivity contribution >= 4 is 35.1 Å². The first-order valence-electron chi connectivity index (χ1n) is 12.9. The number of halogens is 1. The van der Waals surface area contributed by atoms with Crippen LogP contribution in [0.3, 0.4) is 0 Å². The minimum absolute atomic E-state index is 0.0205. The number of hydrogen-bond donors (Lipinski definition) is 3. The van der Waals surface area contributed by atoms with E-state index >= 15 is 0 Å². The normalized spacial score (nSPS) is 16.3. The number of carbonyl (C=O) groups excluding carboxylic acids is 3. The van der Waals surface area contributed by atoms with E-state index in [1.807, 2.05) is 24.3 Å².